The molecule has 1 unspecified atom stereocenters. The summed E-state index contributed by atoms with van der Waals surface area (Å²) in [5.74, 6) is -1.84. The number of carbonyl (C=O) groups is 2. The van der Waals surface area contributed by atoms with Gasteiger partial charge in [-0.25, -0.2) is 4.39 Å². The first kappa shape index (κ1) is 9.58. The molecular formula is C10H9FO2. The largest absolute Gasteiger partial charge is 0.302 e. The fourth-order valence-corrected chi connectivity index (χ4v) is 1.12. The average Bonchev–Trinajstić information content (AvgIpc) is 2.09. The Morgan fingerprint density at radius 1 is 1.46 bits per heavy atom. The molecule has 2 nitrogen and oxygen atoms in total. The highest BCUT2D eigenvalue weighted by molar-refractivity contribution is 5.97. The second kappa shape index (κ2) is 3.94. The summed E-state index contributed by atoms with van der Waals surface area (Å²) in [6.07, 6.45) is 0.459. The van der Waals surface area contributed by atoms with Gasteiger partial charge in [0.15, 0.2) is 0 Å². The number of Topliss-reactive ketones (excluding diaryl/α,β-unsaturated/α-hetero) is 1. The van der Waals surface area contributed by atoms with Crippen molar-refractivity contribution >= 4 is 12.1 Å². The van der Waals surface area contributed by atoms with Crippen molar-refractivity contribution in [3.8, 4) is 0 Å². The van der Waals surface area contributed by atoms with Gasteiger partial charge in [-0.3, -0.25) is 4.79 Å². The lowest BCUT2D eigenvalue weighted by Gasteiger charge is -2.06. The van der Waals surface area contributed by atoms with Crippen molar-refractivity contribution in [2.24, 2.45) is 0 Å². The van der Waals surface area contributed by atoms with Gasteiger partial charge in [-0.05, 0) is 13.0 Å². The Morgan fingerprint density at radius 3 is 2.54 bits per heavy atom. The molecule has 1 atom stereocenters. The molecule has 0 heterocycles. The molecule has 0 aliphatic carbocycles. The van der Waals surface area contributed by atoms with Gasteiger partial charge in [0.05, 0.1) is 0 Å². The minimum absolute atomic E-state index is 0.144. The number of aldehydes is 1. The lowest BCUT2D eigenvalue weighted by Crippen LogP contribution is -2.11. The number of carbonyl (C=O) groups excluding carboxylic acids is 2. The van der Waals surface area contributed by atoms with Crippen LogP contribution in [0.4, 0.5) is 4.39 Å². The Balaban J connectivity index is 3.12. The molecule has 68 valence electrons. The molecule has 13 heavy (non-hydrogen) atoms. The molecular weight excluding hydrogens is 171 g/mol. The van der Waals surface area contributed by atoms with Gasteiger partial charge in [0.25, 0.3) is 0 Å². The third-order valence-electron chi connectivity index (χ3n) is 1.81. The van der Waals surface area contributed by atoms with Gasteiger partial charge in [0.2, 0.25) is 0 Å². The Kier molecular flexibility index (Phi) is 2.90. The van der Waals surface area contributed by atoms with Crippen molar-refractivity contribution in [2.75, 3.05) is 0 Å². The predicted octanol–water partition coefficient (Wildman–Crippen LogP) is 1.70. The minimum atomic E-state index is -0.971. The standard InChI is InChI=1S/C10H9FO2/c1-7(13)9(6-12)8-4-2-3-5-10(8)11/h2-6,9H,1H3. The third kappa shape index (κ3) is 1.99. The van der Waals surface area contributed by atoms with Crippen molar-refractivity contribution in [1.82, 2.24) is 0 Å². The van der Waals surface area contributed by atoms with E-state index in [1.165, 1.54) is 25.1 Å². The van der Waals surface area contributed by atoms with E-state index in [9.17, 15) is 14.0 Å². The molecule has 0 saturated heterocycles. The van der Waals surface area contributed by atoms with E-state index in [1.807, 2.05) is 0 Å². The zero-order valence-corrected chi connectivity index (χ0v) is 7.16. The monoisotopic (exact) mass is 180 g/mol. The number of halogens is 1. The molecule has 0 aliphatic heterocycles. The van der Waals surface area contributed by atoms with E-state index in [2.05, 4.69) is 0 Å². The summed E-state index contributed by atoms with van der Waals surface area (Å²) >= 11 is 0. The molecule has 1 aromatic carbocycles. The fourth-order valence-electron chi connectivity index (χ4n) is 1.12. The van der Waals surface area contributed by atoms with Crippen LogP contribution in [0.2, 0.25) is 0 Å². The third-order valence-corrected chi connectivity index (χ3v) is 1.81. The fraction of sp³-hybridized carbons (Fsp3) is 0.200. The van der Waals surface area contributed by atoms with E-state index in [4.69, 9.17) is 0 Å². The minimum Gasteiger partial charge on any atom is -0.302 e. The van der Waals surface area contributed by atoms with Crippen LogP contribution in [0.3, 0.4) is 0 Å². The van der Waals surface area contributed by atoms with Crippen molar-refractivity contribution in [1.29, 1.82) is 0 Å². The maximum atomic E-state index is 13.1. The predicted molar refractivity (Wildman–Crippen MR) is 45.9 cm³/mol. The molecule has 3 heteroatoms. The van der Waals surface area contributed by atoms with Crippen LogP contribution in [0.5, 0.6) is 0 Å². The van der Waals surface area contributed by atoms with E-state index in [0.717, 1.165) is 0 Å². The molecule has 1 rings (SSSR count). The van der Waals surface area contributed by atoms with Crippen LogP contribution >= 0.6 is 0 Å². The van der Waals surface area contributed by atoms with Crippen LogP contribution in [-0.2, 0) is 9.59 Å². The zero-order valence-electron chi connectivity index (χ0n) is 7.16. The van der Waals surface area contributed by atoms with Crippen LogP contribution in [0.15, 0.2) is 24.3 Å². The van der Waals surface area contributed by atoms with Gasteiger partial charge < -0.3 is 4.79 Å². The van der Waals surface area contributed by atoms with E-state index in [1.54, 1.807) is 6.07 Å². The first-order valence-corrected chi connectivity index (χ1v) is 3.87. The molecule has 0 saturated carbocycles. The number of ketones is 1. The average molecular weight is 180 g/mol. The molecule has 0 amide bonds. The Hall–Kier alpha value is -1.51. The molecule has 0 aromatic heterocycles. The maximum Gasteiger partial charge on any atom is 0.144 e. The van der Waals surface area contributed by atoms with Crippen LogP contribution in [-0.4, -0.2) is 12.1 Å². The Morgan fingerprint density at radius 2 is 2.08 bits per heavy atom. The molecule has 0 bridgehead atoms. The number of rotatable bonds is 3. The summed E-state index contributed by atoms with van der Waals surface area (Å²) in [5.41, 5.74) is 0.144. The molecule has 0 fully saturated rings. The van der Waals surface area contributed by atoms with Gasteiger partial charge in [-0.2, -0.15) is 0 Å². The highest BCUT2D eigenvalue weighted by atomic mass is 19.1. The van der Waals surface area contributed by atoms with E-state index < -0.39 is 11.7 Å². The highest BCUT2D eigenvalue weighted by Crippen LogP contribution is 2.17. The summed E-state index contributed by atoms with van der Waals surface area (Å²) in [6.45, 7) is 1.27. The normalized spacial score (nSPS) is 12.2. The molecule has 0 spiro atoms. The molecule has 0 N–H and O–H groups in total. The van der Waals surface area contributed by atoms with Gasteiger partial charge in [-0.15, -0.1) is 0 Å². The Bertz CT molecular complexity index is 333. The van der Waals surface area contributed by atoms with Gasteiger partial charge in [0, 0.05) is 5.56 Å². The quantitative estimate of drug-likeness (QED) is 0.524. The van der Waals surface area contributed by atoms with Crippen LogP contribution in [0.1, 0.15) is 18.4 Å². The van der Waals surface area contributed by atoms with Crippen LogP contribution in [0, 0.1) is 5.82 Å². The number of benzene rings is 1. The Labute approximate surface area is 75.4 Å². The summed E-state index contributed by atoms with van der Waals surface area (Å²) in [4.78, 5) is 21.4. The van der Waals surface area contributed by atoms with Crippen molar-refractivity contribution < 1.29 is 14.0 Å². The molecule has 0 radical (unpaired) electrons. The summed E-state index contributed by atoms with van der Waals surface area (Å²) in [5, 5.41) is 0. The van der Waals surface area contributed by atoms with Crippen LogP contribution in [0.25, 0.3) is 0 Å². The SMILES string of the molecule is CC(=O)C(C=O)c1ccccc1F. The topological polar surface area (TPSA) is 34.1 Å². The summed E-state index contributed by atoms with van der Waals surface area (Å²) < 4.78 is 13.1. The summed E-state index contributed by atoms with van der Waals surface area (Å²) in [7, 11) is 0. The second-order valence-corrected chi connectivity index (χ2v) is 2.75. The lowest BCUT2D eigenvalue weighted by atomic mass is 9.97. The number of hydrogen-bond donors (Lipinski definition) is 0. The van der Waals surface area contributed by atoms with E-state index in [-0.39, 0.29) is 11.3 Å². The molecule has 0 aliphatic rings. The van der Waals surface area contributed by atoms with Gasteiger partial charge in [-0.1, -0.05) is 18.2 Å². The smallest absolute Gasteiger partial charge is 0.144 e. The lowest BCUT2D eigenvalue weighted by molar-refractivity contribution is -0.122. The number of hydrogen-bond acceptors (Lipinski definition) is 2. The maximum absolute atomic E-state index is 13.1. The van der Waals surface area contributed by atoms with E-state index in [0.29, 0.717) is 6.29 Å². The van der Waals surface area contributed by atoms with Gasteiger partial charge >= 0.3 is 0 Å². The van der Waals surface area contributed by atoms with Gasteiger partial charge in [0.1, 0.15) is 23.8 Å². The first-order valence-electron chi connectivity index (χ1n) is 3.87. The molecule has 1 aromatic rings. The van der Waals surface area contributed by atoms with Crippen molar-refractivity contribution in [3.63, 3.8) is 0 Å². The van der Waals surface area contributed by atoms with Crippen molar-refractivity contribution in [3.05, 3.63) is 35.6 Å². The highest BCUT2D eigenvalue weighted by Gasteiger charge is 2.18. The first-order chi connectivity index (χ1) is 6.16. The summed E-state index contributed by atoms with van der Waals surface area (Å²) in [6, 6.07) is 5.78. The van der Waals surface area contributed by atoms with E-state index >= 15 is 0 Å². The zero-order chi connectivity index (χ0) is 9.84. The van der Waals surface area contributed by atoms with Crippen molar-refractivity contribution in [2.45, 2.75) is 12.8 Å². The second-order valence-electron chi connectivity index (χ2n) is 2.75. The van der Waals surface area contributed by atoms with Crippen LogP contribution < -0.4 is 0 Å².